The van der Waals surface area contributed by atoms with Crippen molar-refractivity contribution in [3.63, 3.8) is 0 Å². The van der Waals surface area contributed by atoms with Gasteiger partial charge in [0, 0.05) is 23.7 Å². The smallest absolute Gasteiger partial charge is 0.167 e. The Hall–Kier alpha value is -1.35. The van der Waals surface area contributed by atoms with Gasteiger partial charge in [-0.15, -0.1) is 0 Å². The van der Waals surface area contributed by atoms with Gasteiger partial charge in [-0.05, 0) is 32.1 Å². The summed E-state index contributed by atoms with van der Waals surface area (Å²) in [6, 6.07) is 7.25. The van der Waals surface area contributed by atoms with Gasteiger partial charge in [0.05, 0.1) is 0 Å². The number of hydrogen-bond acceptors (Lipinski definition) is 3. The molecule has 1 atom stereocenters. The number of nitrogens with two attached hydrogens (primary N) is 1. The lowest BCUT2D eigenvalue weighted by atomic mass is 9.97. The van der Waals surface area contributed by atoms with E-state index in [9.17, 15) is 4.79 Å². The second-order valence-electron chi connectivity index (χ2n) is 4.24. The van der Waals surface area contributed by atoms with Crippen molar-refractivity contribution < 1.29 is 4.79 Å². The van der Waals surface area contributed by atoms with E-state index in [1.165, 1.54) is 0 Å². The summed E-state index contributed by atoms with van der Waals surface area (Å²) >= 11 is 0. The van der Waals surface area contributed by atoms with Crippen LogP contribution in [-0.2, 0) is 0 Å². The van der Waals surface area contributed by atoms with Crippen molar-refractivity contribution in [2.45, 2.75) is 6.42 Å². The van der Waals surface area contributed by atoms with Gasteiger partial charge in [-0.1, -0.05) is 12.1 Å². The molecule has 0 aliphatic carbocycles. The number of carbonyl (C=O) groups excluding carboxylic acids is 1. The van der Waals surface area contributed by atoms with E-state index >= 15 is 0 Å². The maximum Gasteiger partial charge on any atom is 0.167 e. The van der Waals surface area contributed by atoms with Crippen LogP contribution >= 0.6 is 0 Å². The third-order valence-corrected chi connectivity index (χ3v) is 2.93. The van der Waals surface area contributed by atoms with Gasteiger partial charge in [0.1, 0.15) is 0 Å². The van der Waals surface area contributed by atoms with Crippen molar-refractivity contribution in [2.24, 2.45) is 5.92 Å². The molecule has 1 fully saturated rings. The van der Waals surface area contributed by atoms with E-state index < -0.39 is 0 Å². The number of hydrogen-bond donors (Lipinski definition) is 1. The minimum Gasteiger partial charge on any atom is -0.399 e. The SMILES string of the molecule is CN1CC[C@H](C(=O)c2cccc(N)c2)C1. The summed E-state index contributed by atoms with van der Waals surface area (Å²) in [4.78, 5) is 14.3. The predicted molar refractivity (Wildman–Crippen MR) is 60.8 cm³/mol. The number of anilines is 1. The van der Waals surface area contributed by atoms with Crippen LogP contribution in [0.4, 0.5) is 5.69 Å². The van der Waals surface area contributed by atoms with Crippen LogP contribution in [0.1, 0.15) is 16.8 Å². The fraction of sp³-hybridized carbons (Fsp3) is 0.417. The highest BCUT2D eigenvalue weighted by molar-refractivity contribution is 5.98. The quantitative estimate of drug-likeness (QED) is 0.585. The molecule has 1 heterocycles. The molecule has 1 aliphatic rings. The van der Waals surface area contributed by atoms with Gasteiger partial charge < -0.3 is 10.6 Å². The maximum atomic E-state index is 12.1. The van der Waals surface area contributed by atoms with Crippen molar-refractivity contribution in [3.05, 3.63) is 29.8 Å². The van der Waals surface area contributed by atoms with E-state index in [-0.39, 0.29) is 11.7 Å². The Bertz CT molecular complexity index is 376. The number of Topliss-reactive ketones (excluding diaryl/α,β-unsaturated/α-hetero) is 1. The van der Waals surface area contributed by atoms with Crippen LogP contribution in [0.2, 0.25) is 0 Å². The molecule has 0 amide bonds. The van der Waals surface area contributed by atoms with Gasteiger partial charge in [-0.25, -0.2) is 0 Å². The highest BCUT2D eigenvalue weighted by atomic mass is 16.1. The molecule has 1 aromatic carbocycles. The van der Waals surface area contributed by atoms with Gasteiger partial charge in [0.25, 0.3) is 0 Å². The predicted octanol–water partition coefficient (Wildman–Crippen LogP) is 1.40. The largest absolute Gasteiger partial charge is 0.399 e. The fourth-order valence-electron chi connectivity index (χ4n) is 2.08. The summed E-state index contributed by atoms with van der Waals surface area (Å²) in [7, 11) is 2.05. The zero-order valence-electron chi connectivity index (χ0n) is 8.94. The van der Waals surface area contributed by atoms with Crippen LogP contribution in [0.15, 0.2) is 24.3 Å². The third kappa shape index (κ3) is 2.18. The Morgan fingerprint density at radius 1 is 1.53 bits per heavy atom. The topological polar surface area (TPSA) is 46.3 Å². The van der Waals surface area contributed by atoms with Crippen molar-refractivity contribution in [2.75, 3.05) is 25.9 Å². The second-order valence-corrected chi connectivity index (χ2v) is 4.24. The first-order valence-corrected chi connectivity index (χ1v) is 5.25. The molecule has 80 valence electrons. The highest BCUT2D eigenvalue weighted by Gasteiger charge is 2.26. The number of ketones is 1. The molecule has 3 heteroatoms. The summed E-state index contributed by atoms with van der Waals surface area (Å²) in [5.74, 6) is 0.378. The monoisotopic (exact) mass is 204 g/mol. The molecular formula is C12H16N2O. The molecule has 3 nitrogen and oxygen atoms in total. The molecule has 1 saturated heterocycles. The average molecular weight is 204 g/mol. The lowest BCUT2D eigenvalue weighted by molar-refractivity contribution is 0.0924. The lowest BCUT2D eigenvalue weighted by Crippen LogP contribution is -2.19. The summed E-state index contributed by atoms with van der Waals surface area (Å²) in [6.07, 6.45) is 0.962. The van der Waals surface area contributed by atoms with Gasteiger partial charge in [-0.3, -0.25) is 4.79 Å². The normalized spacial score (nSPS) is 21.8. The average Bonchev–Trinajstić information content (AvgIpc) is 2.64. The van der Waals surface area contributed by atoms with Crippen LogP contribution in [0, 0.1) is 5.92 Å². The van der Waals surface area contributed by atoms with Crippen LogP contribution in [0.3, 0.4) is 0 Å². The van der Waals surface area contributed by atoms with Crippen molar-refractivity contribution in [1.29, 1.82) is 0 Å². The first-order chi connectivity index (χ1) is 7.16. The summed E-state index contributed by atoms with van der Waals surface area (Å²) in [5, 5.41) is 0. The zero-order valence-corrected chi connectivity index (χ0v) is 8.94. The Labute approximate surface area is 89.9 Å². The third-order valence-electron chi connectivity index (χ3n) is 2.93. The Morgan fingerprint density at radius 3 is 2.93 bits per heavy atom. The minimum absolute atomic E-state index is 0.150. The van der Waals surface area contributed by atoms with E-state index in [2.05, 4.69) is 4.90 Å². The Balaban J connectivity index is 2.14. The first-order valence-electron chi connectivity index (χ1n) is 5.25. The maximum absolute atomic E-state index is 12.1. The van der Waals surface area contributed by atoms with E-state index in [0.717, 1.165) is 25.1 Å². The summed E-state index contributed by atoms with van der Waals surface area (Å²) in [6.45, 7) is 1.88. The Kier molecular flexibility index (Phi) is 2.73. The fourth-order valence-corrected chi connectivity index (χ4v) is 2.08. The van der Waals surface area contributed by atoms with Crippen LogP contribution in [0.25, 0.3) is 0 Å². The molecule has 0 saturated carbocycles. The van der Waals surface area contributed by atoms with Gasteiger partial charge in [-0.2, -0.15) is 0 Å². The molecule has 15 heavy (non-hydrogen) atoms. The van der Waals surface area contributed by atoms with E-state index in [1.54, 1.807) is 12.1 Å². The van der Waals surface area contributed by atoms with Crippen LogP contribution in [-0.4, -0.2) is 30.8 Å². The van der Waals surface area contributed by atoms with Gasteiger partial charge in [0.2, 0.25) is 0 Å². The lowest BCUT2D eigenvalue weighted by Gasteiger charge is -2.09. The molecule has 2 N–H and O–H groups in total. The molecule has 0 spiro atoms. The molecule has 0 aromatic heterocycles. The number of nitrogen functional groups attached to an aromatic ring is 1. The van der Waals surface area contributed by atoms with Crippen molar-refractivity contribution >= 4 is 11.5 Å². The molecule has 1 aliphatic heterocycles. The highest BCUT2D eigenvalue weighted by Crippen LogP contribution is 2.20. The number of nitrogens with zero attached hydrogens (tertiary/aromatic N) is 1. The van der Waals surface area contributed by atoms with E-state index in [0.29, 0.717) is 5.69 Å². The first kappa shape index (κ1) is 10.2. The van der Waals surface area contributed by atoms with E-state index in [4.69, 9.17) is 5.73 Å². The minimum atomic E-state index is 0.150. The molecule has 2 rings (SSSR count). The molecule has 0 unspecified atom stereocenters. The van der Waals surface area contributed by atoms with Gasteiger partial charge >= 0.3 is 0 Å². The summed E-state index contributed by atoms with van der Waals surface area (Å²) < 4.78 is 0. The van der Waals surface area contributed by atoms with Crippen molar-refractivity contribution in [3.8, 4) is 0 Å². The number of benzene rings is 1. The zero-order chi connectivity index (χ0) is 10.8. The van der Waals surface area contributed by atoms with Crippen molar-refractivity contribution in [1.82, 2.24) is 4.90 Å². The Morgan fingerprint density at radius 2 is 2.33 bits per heavy atom. The molecular weight excluding hydrogens is 188 g/mol. The standard InChI is InChI=1S/C12H16N2O/c1-14-6-5-10(8-14)12(15)9-3-2-4-11(13)7-9/h2-4,7,10H,5-6,8,13H2,1H3/t10-/m0/s1. The number of rotatable bonds is 2. The van der Waals surface area contributed by atoms with Crippen LogP contribution in [0.5, 0.6) is 0 Å². The van der Waals surface area contributed by atoms with Gasteiger partial charge in [0.15, 0.2) is 5.78 Å². The second kappa shape index (κ2) is 4.03. The number of likely N-dealkylation sites (tertiary alicyclic amines) is 1. The van der Waals surface area contributed by atoms with Crippen LogP contribution < -0.4 is 5.73 Å². The molecule has 0 bridgehead atoms. The number of carbonyl (C=O) groups is 1. The summed E-state index contributed by atoms with van der Waals surface area (Å²) in [5.41, 5.74) is 7.06. The van der Waals surface area contributed by atoms with E-state index in [1.807, 2.05) is 19.2 Å². The molecule has 1 aromatic rings. The molecule has 0 radical (unpaired) electrons.